The molecule has 0 spiro atoms. The van der Waals surface area contributed by atoms with Gasteiger partial charge < -0.3 is 4.74 Å². The first-order chi connectivity index (χ1) is 9.16. The van der Waals surface area contributed by atoms with Crippen LogP contribution in [0.2, 0.25) is 5.02 Å². The molecule has 1 aliphatic heterocycles. The summed E-state index contributed by atoms with van der Waals surface area (Å²) < 4.78 is 5.52. The number of halogens is 2. The normalized spacial score (nSPS) is 21.7. The topological polar surface area (TPSA) is 26.3 Å². The third-order valence-electron chi connectivity index (χ3n) is 3.18. The second kappa shape index (κ2) is 4.99. The van der Waals surface area contributed by atoms with E-state index in [1.165, 1.54) is 0 Å². The number of carbonyl (C=O) groups excluding carboxylic acids is 1. The van der Waals surface area contributed by atoms with E-state index in [0.717, 1.165) is 11.1 Å². The second-order valence-corrected chi connectivity index (χ2v) is 5.79. The fraction of sp³-hybridized carbons (Fsp3) is 0.133. The van der Waals surface area contributed by atoms with Gasteiger partial charge in [-0.05, 0) is 29.3 Å². The maximum absolute atomic E-state index is 12.0. The molecule has 1 aliphatic rings. The lowest BCUT2D eigenvalue weighted by Crippen LogP contribution is -2.23. The highest BCUT2D eigenvalue weighted by Gasteiger charge is 2.34. The predicted octanol–water partition coefficient (Wildman–Crippen LogP) is 4.69. The summed E-state index contributed by atoms with van der Waals surface area (Å²) in [7, 11) is 0. The quantitative estimate of drug-likeness (QED) is 0.557. The van der Waals surface area contributed by atoms with E-state index in [0.29, 0.717) is 10.6 Å². The van der Waals surface area contributed by atoms with Gasteiger partial charge in [-0.3, -0.25) is 0 Å². The molecule has 0 N–H and O–H groups in total. The molecule has 96 valence electrons. The van der Waals surface area contributed by atoms with Crippen LogP contribution in [0, 0.1) is 0 Å². The third kappa shape index (κ3) is 2.28. The van der Waals surface area contributed by atoms with Crippen LogP contribution in [0.25, 0.3) is 0 Å². The monoisotopic (exact) mass is 336 g/mol. The van der Waals surface area contributed by atoms with Crippen LogP contribution in [0.1, 0.15) is 32.4 Å². The van der Waals surface area contributed by atoms with Gasteiger partial charge in [0.2, 0.25) is 0 Å². The SMILES string of the molecule is O=C1OC(c2ccc(Cl)cc2)C(Br)c2ccccc21. The Bertz CT molecular complexity index is 624. The fourth-order valence-corrected chi connectivity index (χ4v) is 3.15. The largest absolute Gasteiger partial charge is 0.452 e. The number of alkyl halides is 1. The van der Waals surface area contributed by atoms with Crippen molar-refractivity contribution >= 4 is 33.5 Å². The van der Waals surface area contributed by atoms with E-state index < -0.39 is 0 Å². The average molecular weight is 338 g/mol. The molecular formula is C15H10BrClO2. The summed E-state index contributed by atoms with van der Waals surface area (Å²) in [4.78, 5) is 12.0. The zero-order valence-electron chi connectivity index (χ0n) is 9.85. The minimum absolute atomic E-state index is 0.0532. The van der Waals surface area contributed by atoms with Gasteiger partial charge in [0, 0.05) is 5.02 Å². The van der Waals surface area contributed by atoms with Gasteiger partial charge in [-0.25, -0.2) is 4.79 Å². The molecule has 0 fully saturated rings. The molecule has 2 unspecified atom stereocenters. The first-order valence-corrected chi connectivity index (χ1v) is 7.15. The molecule has 0 radical (unpaired) electrons. The van der Waals surface area contributed by atoms with Crippen molar-refractivity contribution in [3.63, 3.8) is 0 Å². The van der Waals surface area contributed by atoms with Crippen molar-refractivity contribution in [3.8, 4) is 0 Å². The van der Waals surface area contributed by atoms with Crippen LogP contribution < -0.4 is 0 Å². The highest BCUT2D eigenvalue weighted by molar-refractivity contribution is 9.09. The summed E-state index contributed by atoms with van der Waals surface area (Å²) in [6.45, 7) is 0. The van der Waals surface area contributed by atoms with Crippen molar-refractivity contribution in [2.24, 2.45) is 0 Å². The van der Waals surface area contributed by atoms with E-state index in [9.17, 15) is 4.79 Å². The molecule has 4 heteroatoms. The van der Waals surface area contributed by atoms with Gasteiger partial charge in [0.05, 0.1) is 10.4 Å². The molecule has 2 nitrogen and oxygen atoms in total. The van der Waals surface area contributed by atoms with Gasteiger partial charge >= 0.3 is 5.97 Å². The molecule has 2 aromatic carbocycles. The van der Waals surface area contributed by atoms with Crippen molar-refractivity contribution in [1.29, 1.82) is 0 Å². The van der Waals surface area contributed by atoms with Crippen molar-refractivity contribution in [1.82, 2.24) is 0 Å². The van der Waals surface area contributed by atoms with E-state index in [1.54, 1.807) is 18.2 Å². The van der Waals surface area contributed by atoms with E-state index in [1.807, 2.05) is 30.3 Å². The van der Waals surface area contributed by atoms with Crippen LogP contribution in [0.4, 0.5) is 0 Å². The second-order valence-electron chi connectivity index (χ2n) is 4.37. The highest BCUT2D eigenvalue weighted by atomic mass is 79.9. The Labute approximate surface area is 124 Å². The number of ether oxygens (including phenoxy) is 1. The average Bonchev–Trinajstić information content (AvgIpc) is 2.44. The number of rotatable bonds is 1. The van der Waals surface area contributed by atoms with Gasteiger partial charge in [-0.15, -0.1) is 0 Å². The summed E-state index contributed by atoms with van der Waals surface area (Å²) >= 11 is 9.50. The number of hydrogen-bond acceptors (Lipinski definition) is 2. The minimum Gasteiger partial charge on any atom is -0.452 e. The predicted molar refractivity (Wildman–Crippen MR) is 77.7 cm³/mol. The maximum atomic E-state index is 12.0. The van der Waals surface area contributed by atoms with Gasteiger partial charge in [-0.1, -0.05) is 57.9 Å². The Morgan fingerprint density at radius 1 is 1.05 bits per heavy atom. The molecule has 0 saturated carbocycles. The van der Waals surface area contributed by atoms with Gasteiger partial charge in [0.1, 0.15) is 6.10 Å². The van der Waals surface area contributed by atoms with Crippen molar-refractivity contribution in [2.75, 3.05) is 0 Å². The summed E-state index contributed by atoms with van der Waals surface area (Å²) in [6.07, 6.45) is -0.334. The molecule has 19 heavy (non-hydrogen) atoms. The number of fused-ring (bicyclic) bond motifs is 1. The number of hydrogen-bond donors (Lipinski definition) is 0. The lowest BCUT2D eigenvalue weighted by molar-refractivity contribution is 0.0249. The van der Waals surface area contributed by atoms with Crippen molar-refractivity contribution in [2.45, 2.75) is 10.9 Å². The van der Waals surface area contributed by atoms with Gasteiger partial charge in [0.15, 0.2) is 0 Å². The molecule has 2 atom stereocenters. The lowest BCUT2D eigenvalue weighted by atomic mass is 9.94. The van der Waals surface area contributed by atoms with E-state index in [-0.39, 0.29) is 16.9 Å². The van der Waals surface area contributed by atoms with E-state index >= 15 is 0 Å². The summed E-state index contributed by atoms with van der Waals surface area (Å²) in [5.74, 6) is -0.286. The van der Waals surface area contributed by atoms with Crippen molar-refractivity contribution in [3.05, 3.63) is 70.2 Å². The number of cyclic esters (lactones) is 1. The van der Waals surface area contributed by atoms with E-state index in [4.69, 9.17) is 16.3 Å². The van der Waals surface area contributed by atoms with Crippen LogP contribution in [-0.2, 0) is 4.74 Å². The van der Waals surface area contributed by atoms with Crippen LogP contribution in [0.5, 0.6) is 0 Å². The van der Waals surface area contributed by atoms with Crippen LogP contribution in [0.3, 0.4) is 0 Å². The van der Waals surface area contributed by atoms with Gasteiger partial charge in [0.25, 0.3) is 0 Å². The molecule has 1 heterocycles. The fourth-order valence-electron chi connectivity index (χ4n) is 2.21. The Hall–Kier alpha value is -1.32. The number of carbonyl (C=O) groups is 1. The first kappa shape index (κ1) is 12.7. The smallest absolute Gasteiger partial charge is 0.339 e. The molecule has 2 aromatic rings. The summed E-state index contributed by atoms with van der Waals surface area (Å²) in [5.41, 5.74) is 2.50. The molecule has 0 aromatic heterocycles. The molecular weight excluding hydrogens is 328 g/mol. The highest BCUT2D eigenvalue weighted by Crippen LogP contribution is 2.44. The Morgan fingerprint density at radius 3 is 2.47 bits per heavy atom. The molecule has 0 bridgehead atoms. The maximum Gasteiger partial charge on any atom is 0.339 e. The minimum atomic E-state index is -0.334. The van der Waals surface area contributed by atoms with Crippen LogP contribution >= 0.6 is 27.5 Å². The Morgan fingerprint density at radius 2 is 1.74 bits per heavy atom. The third-order valence-corrected chi connectivity index (χ3v) is 4.40. The summed E-state index contributed by atoms with van der Waals surface area (Å²) in [5, 5.41) is 0.664. The molecule has 0 aliphatic carbocycles. The zero-order chi connectivity index (χ0) is 13.4. The van der Waals surface area contributed by atoms with Crippen LogP contribution in [-0.4, -0.2) is 5.97 Å². The number of benzene rings is 2. The molecule has 3 rings (SSSR count). The molecule has 0 saturated heterocycles. The first-order valence-electron chi connectivity index (χ1n) is 5.86. The lowest BCUT2D eigenvalue weighted by Gasteiger charge is -2.29. The van der Waals surface area contributed by atoms with Gasteiger partial charge in [-0.2, -0.15) is 0 Å². The standard InChI is InChI=1S/C15H10BrClO2/c16-13-11-3-1-2-4-12(11)15(18)19-14(13)9-5-7-10(17)8-6-9/h1-8,13-14H. The van der Waals surface area contributed by atoms with E-state index in [2.05, 4.69) is 15.9 Å². The Kier molecular flexibility index (Phi) is 3.33. The van der Waals surface area contributed by atoms with Crippen molar-refractivity contribution < 1.29 is 9.53 Å². The van der Waals surface area contributed by atoms with Crippen LogP contribution in [0.15, 0.2) is 48.5 Å². The Balaban J connectivity index is 2.02. The summed E-state index contributed by atoms with van der Waals surface area (Å²) in [6, 6.07) is 14.8. The number of esters is 1. The zero-order valence-corrected chi connectivity index (χ0v) is 12.2. The molecule has 0 amide bonds.